The van der Waals surface area contributed by atoms with Crippen molar-refractivity contribution in [1.29, 1.82) is 0 Å². The molecule has 9 heteroatoms. The Labute approximate surface area is 270 Å². The molecule has 0 spiro atoms. The number of hydrogen-bond donors (Lipinski definition) is 2. The van der Waals surface area contributed by atoms with Gasteiger partial charge >= 0.3 is 0 Å². The molecule has 1 atom stereocenters. The van der Waals surface area contributed by atoms with Crippen molar-refractivity contribution in [2.75, 3.05) is 32.6 Å². The second kappa shape index (κ2) is 17.3. The molecule has 3 aromatic rings. The van der Waals surface area contributed by atoms with Crippen LogP contribution in [0, 0.1) is 19.7 Å². The number of nitrogens with one attached hydrogen (secondary N) is 1. The highest BCUT2D eigenvalue weighted by Crippen LogP contribution is 2.43. The lowest BCUT2D eigenvalue weighted by atomic mass is 9.95. The molecule has 0 fully saturated rings. The van der Waals surface area contributed by atoms with Crippen molar-refractivity contribution in [3.63, 3.8) is 0 Å². The molecule has 0 aliphatic carbocycles. The van der Waals surface area contributed by atoms with Crippen LogP contribution in [0.15, 0.2) is 77.0 Å². The molecule has 0 amide bonds. The van der Waals surface area contributed by atoms with Crippen LogP contribution in [0.1, 0.15) is 60.6 Å². The third kappa shape index (κ3) is 8.88. The van der Waals surface area contributed by atoms with Crippen molar-refractivity contribution >= 4 is 41.1 Å². The van der Waals surface area contributed by atoms with E-state index in [-0.39, 0.29) is 25.1 Å². The molecule has 0 heterocycles. The third-order valence-electron chi connectivity index (χ3n) is 7.38. The summed E-state index contributed by atoms with van der Waals surface area (Å²) >= 11 is 7.90. The monoisotopic (exact) mass is 640 g/mol. The molecule has 0 aliphatic rings. The Morgan fingerprint density at radius 2 is 1.91 bits per heavy atom. The number of aldehydes is 1. The lowest BCUT2D eigenvalue weighted by Gasteiger charge is -2.30. The number of anilines is 1. The summed E-state index contributed by atoms with van der Waals surface area (Å²) in [6.07, 6.45) is 3.38. The molecule has 6 nitrogen and oxygen atoms in total. The van der Waals surface area contributed by atoms with Crippen molar-refractivity contribution in [3.05, 3.63) is 111 Å². The second-order valence-electron chi connectivity index (χ2n) is 10.4. The van der Waals surface area contributed by atoms with Crippen LogP contribution in [0.4, 0.5) is 10.1 Å². The standard InChI is InChI=1S/C35H42ClFN2O4S/c1-23-15-16-30(37)33(24(23)2)25(3)34(32(42-6)14-10-11-18-40)39(17-19-41)44-35-29(20-28(36)21-31(35)38-5)26(4)43-22-27-12-8-7-9-13-27/h7-9,12-16,19-21,26,38,40H,10-11,17-18,22H2,1-6H3/b32-14+,34-25-. The largest absolute Gasteiger partial charge is 0.495 e. The smallest absolute Gasteiger partial charge is 0.140 e. The first-order valence-corrected chi connectivity index (χ1v) is 15.7. The van der Waals surface area contributed by atoms with Crippen LogP contribution in [0.5, 0.6) is 0 Å². The van der Waals surface area contributed by atoms with E-state index in [0.29, 0.717) is 47.1 Å². The number of halogens is 2. The molecule has 0 aliphatic heterocycles. The number of methoxy groups -OCH3 is 1. The summed E-state index contributed by atoms with van der Waals surface area (Å²) in [6, 6.07) is 16.8. The van der Waals surface area contributed by atoms with Crippen molar-refractivity contribution in [2.24, 2.45) is 0 Å². The summed E-state index contributed by atoms with van der Waals surface area (Å²) in [6.45, 7) is 8.03. The fourth-order valence-corrected chi connectivity index (χ4v) is 6.39. The molecule has 1 unspecified atom stereocenters. The van der Waals surface area contributed by atoms with Crippen LogP contribution < -0.4 is 5.32 Å². The van der Waals surface area contributed by atoms with E-state index in [0.717, 1.165) is 39.1 Å². The normalized spacial score (nSPS) is 12.9. The van der Waals surface area contributed by atoms with E-state index < -0.39 is 0 Å². The molecule has 0 bridgehead atoms. The van der Waals surface area contributed by atoms with Crippen LogP contribution in [0.2, 0.25) is 5.02 Å². The van der Waals surface area contributed by atoms with Gasteiger partial charge in [0.2, 0.25) is 0 Å². The zero-order valence-electron chi connectivity index (χ0n) is 26.2. The van der Waals surface area contributed by atoms with Crippen LogP contribution in [0.3, 0.4) is 0 Å². The molecule has 3 rings (SSSR count). The van der Waals surface area contributed by atoms with Crippen molar-refractivity contribution in [1.82, 2.24) is 4.31 Å². The lowest BCUT2D eigenvalue weighted by molar-refractivity contribution is -0.107. The zero-order valence-corrected chi connectivity index (χ0v) is 27.8. The minimum Gasteiger partial charge on any atom is -0.495 e. The number of rotatable bonds is 16. The molecular formula is C35H42ClFN2O4S. The van der Waals surface area contributed by atoms with Gasteiger partial charge in [0.15, 0.2) is 0 Å². The van der Waals surface area contributed by atoms with Gasteiger partial charge < -0.3 is 29.0 Å². The van der Waals surface area contributed by atoms with E-state index in [1.807, 2.05) is 87.6 Å². The highest BCUT2D eigenvalue weighted by molar-refractivity contribution is 7.97. The number of aryl methyl sites for hydroxylation is 1. The van der Waals surface area contributed by atoms with E-state index in [9.17, 15) is 9.90 Å². The van der Waals surface area contributed by atoms with Crippen molar-refractivity contribution in [3.8, 4) is 0 Å². The van der Waals surface area contributed by atoms with Crippen LogP contribution in [-0.4, -0.2) is 43.0 Å². The van der Waals surface area contributed by atoms with Gasteiger partial charge in [0.1, 0.15) is 17.9 Å². The number of nitrogens with zero attached hydrogens (tertiary/aromatic N) is 1. The van der Waals surface area contributed by atoms with Gasteiger partial charge in [-0.1, -0.05) is 48.0 Å². The van der Waals surface area contributed by atoms with E-state index in [1.54, 1.807) is 13.2 Å². The maximum absolute atomic E-state index is 15.5. The first-order valence-electron chi connectivity index (χ1n) is 14.5. The summed E-state index contributed by atoms with van der Waals surface area (Å²) in [5.41, 5.74) is 5.99. The number of carbonyl (C=O) groups excluding carboxylic acids is 1. The zero-order chi connectivity index (χ0) is 32.2. The van der Waals surface area contributed by atoms with Crippen LogP contribution >= 0.6 is 23.5 Å². The van der Waals surface area contributed by atoms with Crippen LogP contribution in [-0.2, 0) is 20.9 Å². The molecule has 0 saturated heterocycles. The lowest BCUT2D eigenvalue weighted by Crippen LogP contribution is -2.22. The summed E-state index contributed by atoms with van der Waals surface area (Å²) in [7, 11) is 3.36. The van der Waals surface area contributed by atoms with E-state index >= 15 is 4.39 Å². The van der Waals surface area contributed by atoms with Gasteiger partial charge in [-0.3, -0.25) is 0 Å². The average Bonchev–Trinajstić information content (AvgIpc) is 3.02. The maximum atomic E-state index is 15.5. The minimum absolute atomic E-state index is 0.0183. The molecule has 236 valence electrons. The quantitative estimate of drug-likeness (QED) is 0.0534. The van der Waals surface area contributed by atoms with E-state index in [4.69, 9.17) is 21.1 Å². The topological polar surface area (TPSA) is 71.0 Å². The first-order chi connectivity index (χ1) is 21.2. The highest BCUT2D eigenvalue weighted by atomic mass is 35.5. The second-order valence-corrected chi connectivity index (χ2v) is 11.8. The number of unbranched alkanes of at least 4 members (excludes halogenated alkanes) is 1. The number of hydrogen-bond acceptors (Lipinski definition) is 7. The molecular weight excluding hydrogens is 599 g/mol. The Morgan fingerprint density at radius 1 is 1.18 bits per heavy atom. The van der Waals surface area contributed by atoms with Gasteiger partial charge in [0, 0.05) is 24.2 Å². The molecule has 2 N–H and O–H groups in total. The fraction of sp³-hybridized carbons (Fsp3) is 0.343. The van der Waals surface area contributed by atoms with Gasteiger partial charge in [-0.25, -0.2) is 4.39 Å². The molecule has 44 heavy (non-hydrogen) atoms. The molecule has 0 aromatic heterocycles. The Bertz CT molecular complexity index is 1480. The Balaban J connectivity index is 2.21. The summed E-state index contributed by atoms with van der Waals surface area (Å²) < 4.78 is 29.5. The van der Waals surface area contributed by atoms with Crippen LogP contribution in [0.25, 0.3) is 5.57 Å². The number of allylic oxidation sites excluding steroid dienone is 2. The fourth-order valence-electron chi connectivity index (χ4n) is 4.90. The summed E-state index contributed by atoms with van der Waals surface area (Å²) in [5.74, 6) is 0.108. The molecule has 0 radical (unpaired) electrons. The number of carbonyl (C=O) groups is 1. The van der Waals surface area contributed by atoms with Gasteiger partial charge in [-0.2, -0.15) is 0 Å². The summed E-state index contributed by atoms with van der Waals surface area (Å²) in [5, 5.41) is 13.2. The SMILES string of the molecule is CNc1cc(Cl)cc(C(C)OCc2ccccc2)c1SN(CC=O)C(=C(/C)c1c(F)ccc(C)c1C)/C(=C\CCCO)OC. The van der Waals surface area contributed by atoms with Gasteiger partial charge in [-0.05, 0) is 105 Å². The first kappa shape index (κ1) is 35.2. The number of aliphatic hydroxyl groups excluding tert-OH is 1. The third-order valence-corrected chi connectivity index (χ3v) is 8.79. The molecule has 3 aromatic carbocycles. The Hall–Kier alpha value is -3.30. The van der Waals surface area contributed by atoms with E-state index in [2.05, 4.69) is 5.32 Å². The van der Waals surface area contributed by atoms with Crippen molar-refractivity contribution < 1.29 is 23.8 Å². The Kier molecular flexibility index (Phi) is 13.8. The van der Waals surface area contributed by atoms with Gasteiger partial charge in [0.05, 0.1) is 42.6 Å². The van der Waals surface area contributed by atoms with E-state index in [1.165, 1.54) is 18.0 Å². The van der Waals surface area contributed by atoms with Gasteiger partial charge in [0.25, 0.3) is 0 Å². The number of benzene rings is 3. The summed E-state index contributed by atoms with van der Waals surface area (Å²) in [4.78, 5) is 13.0. The predicted octanol–water partition coefficient (Wildman–Crippen LogP) is 8.66. The predicted molar refractivity (Wildman–Crippen MR) is 179 cm³/mol. The number of ether oxygens (including phenoxy) is 2. The number of aliphatic hydroxyl groups is 1. The van der Waals surface area contributed by atoms with Crippen molar-refractivity contribution in [2.45, 2.75) is 58.1 Å². The van der Waals surface area contributed by atoms with Gasteiger partial charge in [-0.15, -0.1) is 0 Å². The highest BCUT2D eigenvalue weighted by Gasteiger charge is 2.26. The average molecular weight is 641 g/mol. The Morgan fingerprint density at radius 3 is 2.55 bits per heavy atom. The minimum atomic E-state index is -0.365. The maximum Gasteiger partial charge on any atom is 0.140 e. The molecule has 0 saturated carbocycles.